The SMILES string of the molecule is COc1ccc(-c2nnc(N(C)C)s2)c(N)c1. The summed E-state index contributed by atoms with van der Waals surface area (Å²) in [6.45, 7) is 0. The highest BCUT2D eigenvalue weighted by Crippen LogP contribution is 2.33. The molecular formula is C11H14N4OS. The summed E-state index contributed by atoms with van der Waals surface area (Å²) in [5.41, 5.74) is 7.49. The number of ether oxygens (including phenoxy) is 1. The molecular weight excluding hydrogens is 236 g/mol. The minimum Gasteiger partial charge on any atom is -0.497 e. The summed E-state index contributed by atoms with van der Waals surface area (Å²) in [5.74, 6) is 0.739. The van der Waals surface area contributed by atoms with Crippen molar-refractivity contribution in [1.82, 2.24) is 10.2 Å². The van der Waals surface area contributed by atoms with E-state index in [2.05, 4.69) is 10.2 Å². The Balaban J connectivity index is 2.38. The lowest BCUT2D eigenvalue weighted by molar-refractivity contribution is 0.415. The van der Waals surface area contributed by atoms with Crippen LogP contribution in [0.25, 0.3) is 10.6 Å². The third-order valence-electron chi connectivity index (χ3n) is 2.29. The van der Waals surface area contributed by atoms with Gasteiger partial charge in [0.25, 0.3) is 0 Å². The van der Waals surface area contributed by atoms with Crippen LogP contribution < -0.4 is 15.4 Å². The molecule has 0 spiro atoms. The minimum absolute atomic E-state index is 0.644. The summed E-state index contributed by atoms with van der Waals surface area (Å²) in [5, 5.41) is 9.88. The molecule has 1 heterocycles. The van der Waals surface area contributed by atoms with Gasteiger partial charge >= 0.3 is 0 Å². The molecule has 0 saturated carbocycles. The van der Waals surface area contributed by atoms with Crippen LogP contribution in [0.3, 0.4) is 0 Å². The fourth-order valence-electron chi connectivity index (χ4n) is 1.37. The fourth-order valence-corrected chi connectivity index (χ4v) is 2.18. The van der Waals surface area contributed by atoms with Gasteiger partial charge in [-0.2, -0.15) is 0 Å². The van der Waals surface area contributed by atoms with E-state index in [-0.39, 0.29) is 0 Å². The Morgan fingerprint density at radius 3 is 2.59 bits per heavy atom. The van der Waals surface area contributed by atoms with E-state index in [1.54, 1.807) is 13.2 Å². The molecule has 90 valence electrons. The van der Waals surface area contributed by atoms with E-state index in [0.717, 1.165) is 21.5 Å². The second kappa shape index (κ2) is 4.58. The molecule has 0 amide bonds. The molecule has 0 aliphatic carbocycles. The minimum atomic E-state index is 0.644. The monoisotopic (exact) mass is 250 g/mol. The number of nitrogens with zero attached hydrogens (tertiary/aromatic N) is 3. The van der Waals surface area contributed by atoms with Crippen molar-refractivity contribution in [3.8, 4) is 16.3 Å². The van der Waals surface area contributed by atoms with Crippen LogP contribution in [0.5, 0.6) is 5.75 Å². The third kappa shape index (κ3) is 2.31. The molecule has 17 heavy (non-hydrogen) atoms. The molecule has 5 nitrogen and oxygen atoms in total. The average Bonchev–Trinajstić information content (AvgIpc) is 2.78. The highest BCUT2D eigenvalue weighted by molar-refractivity contribution is 7.18. The molecule has 1 aromatic carbocycles. The number of aromatic nitrogens is 2. The molecule has 2 N–H and O–H groups in total. The number of methoxy groups -OCH3 is 1. The standard InChI is InChI=1S/C11H14N4OS/c1-15(2)11-14-13-10(17-11)8-5-4-7(16-3)6-9(8)12/h4-6H,12H2,1-3H3. The van der Waals surface area contributed by atoms with Gasteiger partial charge in [0.2, 0.25) is 5.13 Å². The molecule has 0 bridgehead atoms. The highest BCUT2D eigenvalue weighted by Gasteiger charge is 2.11. The van der Waals surface area contributed by atoms with E-state index in [4.69, 9.17) is 10.5 Å². The summed E-state index contributed by atoms with van der Waals surface area (Å²) in [7, 11) is 5.48. The van der Waals surface area contributed by atoms with Gasteiger partial charge in [0.15, 0.2) is 5.01 Å². The number of anilines is 2. The van der Waals surface area contributed by atoms with Crippen molar-refractivity contribution in [2.45, 2.75) is 0 Å². The second-order valence-corrected chi connectivity index (χ2v) is 4.69. The molecule has 1 aromatic heterocycles. The molecule has 0 fully saturated rings. The Morgan fingerprint density at radius 2 is 2.06 bits per heavy atom. The van der Waals surface area contributed by atoms with Gasteiger partial charge in [-0.05, 0) is 12.1 Å². The number of nitrogens with two attached hydrogens (primary N) is 1. The summed E-state index contributed by atoms with van der Waals surface area (Å²) in [6, 6.07) is 5.54. The van der Waals surface area contributed by atoms with Gasteiger partial charge in [-0.15, -0.1) is 10.2 Å². The zero-order chi connectivity index (χ0) is 12.4. The highest BCUT2D eigenvalue weighted by atomic mass is 32.1. The lowest BCUT2D eigenvalue weighted by Gasteiger charge is -2.05. The van der Waals surface area contributed by atoms with Gasteiger partial charge in [0.1, 0.15) is 5.75 Å². The quantitative estimate of drug-likeness (QED) is 0.842. The smallest absolute Gasteiger partial charge is 0.208 e. The first-order valence-electron chi connectivity index (χ1n) is 5.06. The van der Waals surface area contributed by atoms with Crippen LogP contribution in [0.1, 0.15) is 0 Å². The Morgan fingerprint density at radius 1 is 1.29 bits per heavy atom. The molecule has 0 saturated heterocycles. The summed E-state index contributed by atoms with van der Waals surface area (Å²) >= 11 is 1.50. The van der Waals surface area contributed by atoms with Crippen LogP contribution in [-0.4, -0.2) is 31.4 Å². The van der Waals surface area contributed by atoms with Crippen LogP contribution in [0.2, 0.25) is 0 Å². The number of rotatable bonds is 3. The normalized spacial score (nSPS) is 10.3. The molecule has 0 atom stereocenters. The van der Waals surface area contributed by atoms with E-state index < -0.39 is 0 Å². The van der Waals surface area contributed by atoms with Crippen LogP contribution in [0.4, 0.5) is 10.8 Å². The molecule has 2 aromatic rings. The van der Waals surface area contributed by atoms with E-state index in [1.807, 2.05) is 31.1 Å². The van der Waals surface area contributed by atoms with Crippen LogP contribution in [0, 0.1) is 0 Å². The van der Waals surface area contributed by atoms with Crippen molar-refractivity contribution in [1.29, 1.82) is 0 Å². The Labute approximate surface area is 104 Å². The van der Waals surface area contributed by atoms with Gasteiger partial charge < -0.3 is 15.4 Å². The molecule has 6 heteroatoms. The molecule has 0 radical (unpaired) electrons. The molecule has 2 rings (SSSR count). The van der Waals surface area contributed by atoms with Crippen molar-refractivity contribution in [2.75, 3.05) is 31.8 Å². The van der Waals surface area contributed by atoms with Gasteiger partial charge in [-0.3, -0.25) is 0 Å². The lowest BCUT2D eigenvalue weighted by Crippen LogP contribution is -2.07. The summed E-state index contributed by atoms with van der Waals surface area (Å²) in [6.07, 6.45) is 0. The van der Waals surface area contributed by atoms with Crippen LogP contribution in [-0.2, 0) is 0 Å². The Kier molecular flexibility index (Phi) is 3.14. The van der Waals surface area contributed by atoms with Crippen LogP contribution in [0.15, 0.2) is 18.2 Å². The van der Waals surface area contributed by atoms with E-state index in [1.165, 1.54) is 11.3 Å². The number of hydrogen-bond acceptors (Lipinski definition) is 6. The van der Waals surface area contributed by atoms with Crippen molar-refractivity contribution >= 4 is 22.2 Å². The number of nitrogen functional groups attached to an aromatic ring is 1. The maximum absolute atomic E-state index is 5.96. The topological polar surface area (TPSA) is 64.3 Å². The predicted octanol–water partition coefficient (Wildman–Crippen LogP) is 1.86. The predicted molar refractivity (Wildman–Crippen MR) is 70.6 cm³/mol. The average molecular weight is 250 g/mol. The first-order valence-corrected chi connectivity index (χ1v) is 5.88. The van der Waals surface area contributed by atoms with Crippen molar-refractivity contribution in [3.05, 3.63) is 18.2 Å². The van der Waals surface area contributed by atoms with Crippen molar-refractivity contribution in [3.63, 3.8) is 0 Å². The lowest BCUT2D eigenvalue weighted by atomic mass is 10.2. The third-order valence-corrected chi connectivity index (χ3v) is 3.41. The Bertz CT molecular complexity index is 524. The maximum Gasteiger partial charge on any atom is 0.208 e. The molecule has 0 aliphatic rings. The first kappa shape index (κ1) is 11.7. The largest absolute Gasteiger partial charge is 0.497 e. The van der Waals surface area contributed by atoms with E-state index in [9.17, 15) is 0 Å². The number of benzene rings is 1. The molecule has 0 aliphatic heterocycles. The fraction of sp³-hybridized carbons (Fsp3) is 0.273. The van der Waals surface area contributed by atoms with Gasteiger partial charge in [0, 0.05) is 31.4 Å². The van der Waals surface area contributed by atoms with E-state index >= 15 is 0 Å². The van der Waals surface area contributed by atoms with E-state index in [0.29, 0.717) is 5.69 Å². The Hall–Kier alpha value is -1.82. The van der Waals surface area contributed by atoms with Crippen LogP contribution >= 0.6 is 11.3 Å². The second-order valence-electron chi connectivity index (χ2n) is 3.74. The van der Waals surface area contributed by atoms with Gasteiger partial charge in [-0.1, -0.05) is 11.3 Å². The number of hydrogen-bond donors (Lipinski definition) is 1. The molecule has 0 unspecified atom stereocenters. The van der Waals surface area contributed by atoms with Gasteiger partial charge in [-0.25, -0.2) is 0 Å². The summed E-state index contributed by atoms with van der Waals surface area (Å²) in [4.78, 5) is 1.92. The van der Waals surface area contributed by atoms with Gasteiger partial charge in [0.05, 0.1) is 7.11 Å². The van der Waals surface area contributed by atoms with Crippen molar-refractivity contribution in [2.24, 2.45) is 0 Å². The zero-order valence-electron chi connectivity index (χ0n) is 9.97. The first-order chi connectivity index (χ1) is 8.11. The zero-order valence-corrected chi connectivity index (χ0v) is 10.8. The van der Waals surface area contributed by atoms with Crippen molar-refractivity contribution < 1.29 is 4.74 Å². The maximum atomic E-state index is 5.96. The summed E-state index contributed by atoms with van der Waals surface area (Å²) < 4.78 is 5.11.